The highest BCUT2D eigenvalue weighted by Gasteiger charge is 2.26. The molecular formula is C13H16BrClN2O2. The maximum Gasteiger partial charge on any atom is 0.227 e. The van der Waals surface area contributed by atoms with Crippen LogP contribution < -0.4 is 11.1 Å². The molecule has 0 radical (unpaired) electrons. The molecule has 0 unspecified atom stereocenters. The van der Waals surface area contributed by atoms with E-state index in [9.17, 15) is 9.90 Å². The van der Waals surface area contributed by atoms with Gasteiger partial charge in [0.25, 0.3) is 0 Å². The van der Waals surface area contributed by atoms with Crippen LogP contribution in [0.15, 0.2) is 16.6 Å². The number of amides is 1. The first kappa shape index (κ1) is 14.6. The second-order valence-electron chi connectivity index (χ2n) is 4.89. The zero-order chi connectivity index (χ0) is 14.0. The lowest BCUT2D eigenvalue weighted by Gasteiger charge is -2.25. The standard InChI is InChI=1S/C13H16BrClN2O2/c14-8-5-10(15)12(11(18)6-8)17-13(19)7-2-1-3-9(16)4-7/h5-7,9,18H,1-4,16H2,(H,17,19)/t7-,9+/m1/s1. The van der Waals surface area contributed by atoms with Crippen LogP contribution in [0.1, 0.15) is 25.7 Å². The van der Waals surface area contributed by atoms with Crippen LogP contribution in [0.2, 0.25) is 5.02 Å². The number of anilines is 1. The topological polar surface area (TPSA) is 75.4 Å². The number of nitrogens with one attached hydrogen (secondary N) is 1. The van der Waals surface area contributed by atoms with Crippen LogP contribution in [0.25, 0.3) is 0 Å². The number of carbonyl (C=O) groups is 1. The Morgan fingerprint density at radius 2 is 2.21 bits per heavy atom. The van der Waals surface area contributed by atoms with E-state index in [1.807, 2.05) is 0 Å². The molecule has 4 nitrogen and oxygen atoms in total. The van der Waals surface area contributed by atoms with E-state index in [1.165, 1.54) is 6.07 Å². The van der Waals surface area contributed by atoms with Gasteiger partial charge in [-0.15, -0.1) is 0 Å². The van der Waals surface area contributed by atoms with Gasteiger partial charge in [-0.3, -0.25) is 4.79 Å². The fourth-order valence-electron chi connectivity index (χ4n) is 2.37. The van der Waals surface area contributed by atoms with Crippen molar-refractivity contribution in [2.75, 3.05) is 5.32 Å². The highest BCUT2D eigenvalue weighted by molar-refractivity contribution is 9.10. The number of aromatic hydroxyl groups is 1. The summed E-state index contributed by atoms with van der Waals surface area (Å²) in [5.74, 6) is -0.287. The molecular weight excluding hydrogens is 332 g/mol. The minimum atomic E-state index is -0.130. The highest BCUT2D eigenvalue weighted by Crippen LogP contribution is 2.36. The average molecular weight is 348 g/mol. The molecule has 104 valence electrons. The Kier molecular flexibility index (Phi) is 4.71. The number of rotatable bonds is 2. The molecule has 6 heteroatoms. The summed E-state index contributed by atoms with van der Waals surface area (Å²) < 4.78 is 0.660. The van der Waals surface area contributed by atoms with Gasteiger partial charge in [-0.1, -0.05) is 34.0 Å². The van der Waals surface area contributed by atoms with Gasteiger partial charge in [0.05, 0.1) is 5.02 Å². The van der Waals surface area contributed by atoms with Crippen molar-refractivity contribution in [1.82, 2.24) is 0 Å². The second kappa shape index (κ2) is 6.11. The van der Waals surface area contributed by atoms with E-state index in [0.717, 1.165) is 19.3 Å². The first-order valence-electron chi connectivity index (χ1n) is 6.22. The van der Waals surface area contributed by atoms with Gasteiger partial charge in [0.15, 0.2) is 0 Å². The lowest BCUT2D eigenvalue weighted by Crippen LogP contribution is -2.34. The van der Waals surface area contributed by atoms with E-state index in [1.54, 1.807) is 6.07 Å². The van der Waals surface area contributed by atoms with Crippen molar-refractivity contribution in [1.29, 1.82) is 0 Å². The Morgan fingerprint density at radius 1 is 1.47 bits per heavy atom. The van der Waals surface area contributed by atoms with Crippen molar-refractivity contribution >= 4 is 39.1 Å². The predicted molar refractivity (Wildman–Crippen MR) is 79.4 cm³/mol. The molecule has 0 heterocycles. The summed E-state index contributed by atoms with van der Waals surface area (Å²) in [6.07, 6.45) is 3.43. The zero-order valence-corrected chi connectivity index (χ0v) is 12.7. The summed E-state index contributed by atoms with van der Waals surface area (Å²) in [5, 5.41) is 12.8. The van der Waals surface area contributed by atoms with E-state index in [4.69, 9.17) is 17.3 Å². The van der Waals surface area contributed by atoms with Crippen LogP contribution in [-0.2, 0) is 4.79 Å². The van der Waals surface area contributed by atoms with E-state index >= 15 is 0 Å². The fraction of sp³-hybridized carbons (Fsp3) is 0.462. The summed E-state index contributed by atoms with van der Waals surface area (Å²) in [7, 11) is 0. The van der Waals surface area contributed by atoms with Crippen LogP contribution >= 0.6 is 27.5 Å². The molecule has 1 aliphatic carbocycles. The van der Waals surface area contributed by atoms with Crippen molar-refractivity contribution in [2.24, 2.45) is 11.7 Å². The fourth-order valence-corrected chi connectivity index (χ4v) is 3.21. The molecule has 0 saturated heterocycles. The number of hydrogen-bond donors (Lipinski definition) is 3. The minimum absolute atomic E-state index is 0.0483. The molecule has 1 aliphatic rings. The van der Waals surface area contributed by atoms with Gasteiger partial charge < -0.3 is 16.2 Å². The van der Waals surface area contributed by atoms with E-state index in [2.05, 4.69) is 21.2 Å². The number of carbonyl (C=O) groups excluding carboxylic acids is 1. The number of halogens is 2. The minimum Gasteiger partial charge on any atom is -0.506 e. The summed E-state index contributed by atoms with van der Waals surface area (Å²) in [5.41, 5.74) is 6.13. The van der Waals surface area contributed by atoms with Crippen LogP contribution in [0, 0.1) is 5.92 Å². The van der Waals surface area contributed by atoms with Crippen LogP contribution in [0.5, 0.6) is 5.75 Å². The van der Waals surface area contributed by atoms with E-state index < -0.39 is 0 Å². The van der Waals surface area contributed by atoms with Crippen molar-refractivity contribution < 1.29 is 9.90 Å². The van der Waals surface area contributed by atoms with E-state index in [0.29, 0.717) is 15.9 Å². The second-order valence-corrected chi connectivity index (χ2v) is 6.22. The smallest absolute Gasteiger partial charge is 0.227 e. The van der Waals surface area contributed by atoms with Crippen LogP contribution in [0.3, 0.4) is 0 Å². The summed E-state index contributed by atoms with van der Waals surface area (Å²) >= 11 is 9.24. The molecule has 19 heavy (non-hydrogen) atoms. The van der Waals surface area contributed by atoms with Gasteiger partial charge >= 0.3 is 0 Å². The molecule has 0 aromatic heterocycles. The quantitative estimate of drug-likeness (QED) is 0.719. The molecule has 2 rings (SSSR count). The van der Waals surface area contributed by atoms with Gasteiger partial charge in [-0.25, -0.2) is 0 Å². The first-order chi connectivity index (χ1) is 8.97. The van der Waals surface area contributed by atoms with Crippen molar-refractivity contribution in [3.05, 3.63) is 21.6 Å². The number of phenolic OH excluding ortho intramolecular Hbond substituents is 1. The Balaban J connectivity index is 2.10. The highest BCUT2D eigenvalue weighted by atomic mass is 79.9. The van der Waals surface area contributed by atoms with Gasteiger partial charge in [0, 0.05) is 16.4 Å². The lowest BCUT2D eigenvalue weighted by molar-refractivity contribution is -0.120. The summed E-state index contributed by atoms with van der Waals surface area (Å²) in [6, 6.07) is 3.20. The molecule has 0 bridgehead atoms. The van der Waals surface area contributed by atoms with E-state index in [-0.39, 0.29) is 29.3 Å². The molecule has 1 saturated carbocycles. The number of nitrogens with two attached hydrogens (primary N) is 1. The molecule has 0 spiro atoms. The largest absolute Gasteiger partial charge is 0.506 e. The number of hydrogen-bond acceptors (Lipinski definition) is 3. The maximum absolute atomic E-state index is 12.2. The van der Waals surface area contributed by atoms with Crippen LogP contribution in [0.4, 0.5) is 5.69 Å². The third-order valence-electron chi connectivity index (χ3n) is 3.37. The molecule has 0 aliphatic heterocycles. The summed E-state index contributed by atoms with van der Waals surface area (Å²) in [6.45, 7) is 0. The average Bonchev–Trinajstić information content (AvgIpc) is 2.33. The molecule has 2 atom stereocenters. The molecule has 1 aromatic carbocycles. The molecule has 1 amide bonds. The Morgan fingerprint density at radius 3 is 2.84 bits per heavy atom. The molecule has 1 aromatic rings. The van der Waals surface area contributed by atoms with Gasteiger partial charge in [-0.2, -0.15) is 0 Å². The Hall–Kier alpha value is -0.780. The van der Waals surface area contributed by atoms with Gasteiger partial charge in [0.1, 0.15) is 11.4 Å². The lowest BCUT2D eigenvalue weighted by atomic mass is 9.85. The van der Waals surface area contributed by atoms with Crippen molar-refractivity contribution in [2.45, 2.75) is 31.7 Å². The van der Waals surface area contributed by atoms with Crippen LogP contribution in [-0.4, -0.2) is 17.1 Å². The van der Waals surface area contributed by atoms with Crippen molar-refractivity contribution in [3.63, 3.8) is 0 Å². The van der Waals surface area contributed by atoms with Gasteiger partial charge in [0.2, 0.25) is 5.91 Å². The normalized spacial score (nSPS) is 23.1. The predicted octanol–water partition coefficient (Wildman–Crippen LogP) is 3.26. The number of phenols is 1. The first-order valence-corrected chi connectivity index (χ1v) is 7.39. The summed E-state index contributed by atoms with van der Waals surface area (Å²) in [4.78, 5) is 12.2. The molecule has 4 N–H and O–H groups in total. The molecule has 1 fully saturated rings. The third kappa shape index (κ3) is 3.61. The number of benzene rings is 1. The monoisotopic (exact) mass is 346 g/mol. The maximum atomic E-state index is 12.2. The third-order valence-corrected chi connectivity index (χ3v) is 4.12. The van der Waals surface area contributed by atoms with Gasteiger partial charge in [-0.05, 0) is 31.4 Å². The SMILES string of the molecule is N[C@H]1CCC[C@@H](C(=O)Nc2c(O)cc(Br)cc2Cl)C1. The Labute approximate surface area is 125 Å². The van der Waals surface area contributed by atoms with Crippen molar-refractivity contribution in [3.8, 4) is 5.75 Å². The zero-order valence-electron chi connectivity index (χ0n) is 10.3. The Bertz CT molecular complexity index is 473.